The van der Waals surface area contributed by atoms with Gasteiger partial charge in [-0.25, -0.2) is 0 Å². The van der Waals surface area contributed by atoms with E-state index < -0.39 is 0 Å². The number of piperazine rings is 1. The quantitative estimate of drug-likeness (QED) is 0.512. The fourth-order valence-corrected chi connectivity index (χ4v) is 6.71. The average molecular weight is 429 g/mol. The summed E-state index contributed by atoms with van der Waals surface area (Å²) < 4.78 is 5.95. The number of esters is 1. The van der Waals surface area contributed by atoms with Gasteiger partial charge >= 0.3 is 5.97 Å². The second-order valence-electron chi connectivity index (χ2n) is 10.2. The number of anilines is 1. The van der Waals surface area contributed by atoms with Gasteiger partial charge in [0.15, 0.2) is 0 Å². The van der Waals surface area contributed by atoms with Crippen molar-refractivity contribution in [3.63, 3.8) is 0 Å². The summed E-state index contributed by atoms with van der Waals surface area (Å²) in [7, 11) is 0. The van der Waals surface area contributed by atoms with E-state index in [2.05, 4.69) is 35.4 Å². The fourth-order valence-electron chi connectivity index (χ4n) is 6.58. The molecule has 2 saturated carbocycles. The molecule has 5 heteroatoms. The Kier molecular flexibility index (Phi) is 5.35. The van der Waals surface area contributed by atoms with Crippen molar-refractivity contribution >= 4 is 23.3 Å². The van der Waals surface area contributed by atoms with E-state index in [1.165, 1.54) is 24.1 Å². The van der Waals surface area contributed by atoms with Gasteiger partial charge < -0.3 is 9.64 Å². The van der Waals surface area contributed by atoms with Crippen LogP contribution in [0.2, 0.25) is 5.02 Å². The molecule has 30 heavy (non-hydrogen) atoms. The Bertz CT molecular complexity index is 817. The molecule has 162 valence electrons. The van der Waals surface area contributed by atoms with Crippen LogP contribution in [0.1, 0.15) is 39.0 Å². The maximum Gasteiger partial charge on any atom is 0.310 e. The lowest BCUT2D eigenvalue weighted by Crippen LogP contribution is -2.50. The summed E-state index contributed by atoms with van der Waals surface area (Å²) in [4.78, 5) is 17.7. The Hall–Kier alpha value is -1.52. The normalized spacial score (nSPS) is 36.9. The Morgan fingerprint density at radius 1 is 1.20 bits per heavy atom. The second kappa shape index (κ2) is 7.87. The Morgan fingerprint density at radius 2 is 1.93 bits per heavy atom. The van der Waals surface area contributed by atoms with Gasteiger partial charge in [-0.2, -0.15) is 0 Å². The molecule has 0 radical (unpaired) electrons. The molecular weight excluding hydrogens is 396 g/mol. The SMILES string of the molecule is C=C1CCC[C@]2(C)C[C@H]3OC(=O)C(CN4CCN(c5ccc(Cl)cc5)CC4)[C@H]3C[C@@H]12. The summed E-state index contributed by atoms with van der Waals surface area (Å²) in [6, 6.07) is 8.09. The monoisotopic (exact) mass is 428 g/mol. The van der Waals surface area contributed by atoms with Crippen molar-refractivity contribution in [3.05, 3.63) is 41.4 Å². The molecule has 0 bridgehead atoms. The molecule has 0 spiro atoms. The van der Waals surface area contributed by atoms with Crippen LogP contribution in [-0.4, -0.2) is 49.7 Å². The van der Waals surface area contributed by atoms with Crippen LogP contribution in [0.3, 0.4) is 0 Å². The van der Waals surface area contributed by atoms with Gasteiger partial charge in [-0.15, -0.1) is 0 Å². The van der Waals surface area contributed by atoms with Crippen molar-refractivity contribution < 1.29 is 9.53 Å². The van der Waals surface area contributed by atoms with Crippen LogP contribution >= 0.6 is 11.6 Å². The molecule has 1 unspecified atom stereocenters. The predicted molar refractivity (Wildman–Crippen MR) is 121 cm³/mol. The van der Waals surface area contributed by atoms with Crippen LogP contribution in [0.5, 0.6) is 0 Å². The number of rotatable bonds is 3. The molecule has 4 aliphatic rings. The molecule has 2 aliphatic carbocycles. The van der Waals surface area contributed by atoms with Gasteiger partial charge in [-0.05, 0) is 67.7 Å². The highest BCUT2D eigenvalue weighted by atomic mass is 35.5. The third-order valence-corrected chi connectivity index (χ3v) is 8.59. The van der Waals surface area contributed by atoms with Gasteiger partial charge in [0.2, 0.25) is 0 Å². The number of allylic oxidation sites excluding steroid dienone is 1. The maximum atomic E-state index is 12.8. The molecule has 2 heterocycles. The molecule has 5 rings (SSSR count). The summed E-state index contributed by atoms with van der Waals surface area (Å²) in [5.74, 6) is 0.986. The van der Waals surface area contributed by atoms with Crippen molar-refractivity contribution in [1.82, 2.24) is 4.90 Å². The lowest BCUT2D eigenvalue weighted by Gasteiger charge is -2.50. The predicted octanol–water partition coefficient (Wildman–Crippen LogP) is 4.78. The molecule has 0 amide bonds. The number of fused-ring (bicyclic) bond motifs is 2. The van der Waals surface area contributed by atoms with E-state index in [9.17, 15) is 4.79 Å². The van der Waals surface area contributed by atoms with Crippen molar-refractivity contribution in [2.75, 3.05) is 37.6 Å². The molecular formula is C25H33ClN2O2. The smallest absolute Gasteiger partial charge is 0.310 e. The van der Waals surface area contributed by atoms with Crippen LogP contribution in [0.4, 0.5) is 5.69 Å². The van der Waals surface area contributed by atoms with Crippen LogP contribution in [0.15, 0.2) is 36.4 Å². The van der Waals surface area contributed by atoms with Crippen LogP contribution in [-0.2, 0) is 9.53 Å². The van der Waals surface area contributed by atoms with Crippen molar-refractivity contribution in [1.29, 1.82) is 0 Å². The van der Waals surface area contributed by atoms with Gasteiger partial charge in [-0.3, -0.25) is 9.69 Å². The standard InChI is InChI=1S/C25H33ClN2O2/c1-17-4-3-9-25(2)15-23-20(14-22(17)25)21(24(29)30-23)16-27-10-12-28(13-11-27)19-7-5-18(26)6-8-19/h5-8,20-23H,1,3-4,9-16H2,2H3/t20-,21?,22+,23-,25-/m1/s1. The van der Waals surface area contributed by atoms with Gasteiger partial charge in [0, 0.05) is 49.4 Å². The van der Waals surface area contributed by atoms with E-state index in [-0.39, 0.29) is 23.4 Å². The highest BCUT2D eigenvalue weighted by molar-refractivity contribution is 6.30. The first-order valence-electron chi connectivity index (χ1n) is 11.5. The molecule has 1 aromatic rings. The third-order valence-electron chi connectivity index (χ3n) is 8.34. The summed E-state index contributed by atoms with van der Waals surface area (Å²) in [6.45, 7) is 11.6. The number of nitrogens with zero attached hydrogens (tertiary/aromatic N) is 2. The molecule has 0 N–H and O–H groups in total. The molecule has 1 aromatic carbocycles. The Balaban J connectivity index is 1.22. The maximum absolute atomic E-state index is 12.8. The summed E-state index contributed by atoms with van der Waals surface area (Å²) in [6.07, 6.45) is 5.86. The van der Waals surface area contributed by atoms with Gasteiger partial charge in [-0.1, -0.05) is 30.7 Å². The number of hydrogen-bond acceptors (Lipinski definition) is 4. The zero-order valence-electron chi connectivity index (χ0n) is 18.0. The minimum absolute atomic E-state index is 0.0244. The lowest BCUT2D eigenvalue weighted by molar-refractivity contribution is -0.146. The highest BCUT2D eigenvalue weighted by Gasteiger charge is 2.55. The number of carbonyl (C=O) groups excluding carboxylic acids is 1. The molecule has 2 aliphatic heterocycles. The summed E-state index contributed by atoms with van der Waals surface area (Å²) in [5.41, 5.74) is 2.91. The van der Waals surface area contributed by atoms with Crippen molar-refractivity contribution in [2.45, 2.75) is 45.1 Å². The van der Waals surface area contributed by atoms with E-state index in [1.807, 2.05) is 12.1 Å². The minimum atomic E-state index is 0.0244. The van der Waals surface area contributed by atoms with E-state index in [0.717, 1.165) is 57.0 Å². The molecule has 4 fully saturated rings. The van der Waals surface area contributed by atoms with Gasteiger partial charge in [0.25, 0.3) is 0 Å². The zero-order valence-corrected chi connectivity index (χ0v) is 18.7. The molecule has 2 saturated heterocycles. The lowest BCUT2D eigenvalue weighted by atomic mass is 9.55. The average Bonchev–Trinajstić information content (AvgIpc) is 3.01. The van der Waals surface area contributed by atoms with E-state index >= 15 is 0 Å². The van der Waals surface area contributed by atoms with E-state index in [1.54, 1.807) is 0 Å². The fraction of sp³-hybridized carbons (Fsp3) is 0.640. The first kappa shape index (κ1) is 20.4. The van der Waals surface area contributed by atoms with E-state index in [0.29, 0.717) is 11.8 Å². The number of ether oxygens (including phenoxy) is 1. The van der Waals surface area contributed by atoms with E-state index in [4.69, 9.17) is 16.3 Å². The van der Waals surface area contributed by atoms with Gasteiger partial charge in [0.1, 0.15) is 6.10 Å². The third kappa shape index (κ3) is 3.67. The first-order valence-corrected chi connectivity index (χ1v) is 11.9. The van der Waals surface area contributed by atoms with Crippen molar-refractivity contribution in [2.24, 2.45) is 23.2 Å². The first-order chi connectivity index (χ1) is 14.4. The van der Waals surface area contributed by atoms with Crippen LogP contribution in [0.25, 0.3) is 0 Å². The largest absolute Gasteiger partial charge is 0.462 e. The summed E-state index contributed by atoms with van der Waals surface area (Å²) in [5, 5.41) is 0.774. The second-order valence-corrected chi connectivity index (χ2v) is 10.6. The Morgan fingerprint density at radius 3 is 2.67 bits per heavy atom. The zero-order chi connectivity index (χ0) is 20.9. The number of carbonyl (C=O) groups is 1. The molecule has 0 aromatic heterocycles. The number of benzene rings is 1. The number of halogens is 1. The summed E-state index contributed by atoms with van der Waals surface area (Å²) >= 11 is 6.02. The molecule has 5 atom stereocenters. The topological polar surface area (TPSA) is 32.8 Å². The minimum Gasteiger partial charge on any atom is -0.462 e. The van der Waals surface area contributed by atoms with Crippen LogP contribution in [0, 0.1) is 23.2 Å². The van der Waals surface area contributed by atoms with Crippen molar-refractivity contribution in [3.8, 4) is 0 Å². The molecule has 4 nitrogen and oxygen atoms in total. The Labute approximate surface area is 185 Å². The van der Waals surface area contributed by atoms with Gasteiger partial charge in [0.05, 0.1) is 5.92 Å². The highest BCUT2D eigenvalue weighted by Crippen LogP contribution is 2.56. The number of hydrogen-bond donors (Lipinski definition) is 0. The van der Waals surface area contributed by atoms with Crippen LogP contribution < -0.4 is 4.90 Å².